The van der Waals surface area contributed by atoms with E-state index in [9.17, 15) is 4.79 Å². The number of rotatable bonds is 12. The second-order valence-electron chi connectivity index (χ2n) is 4.21. The summed E-state index contributed by atoms with van der Waals surface area (Å²) in [5, 5.41) is 3.94. The molecule has 1 amide bonds. The van der Waals surface area contributed by atoms with Crippen LogP contribution in [0.25, 0.3) is 0 Å². The molecule has 0 unspecified atom stereocenters. The number of hydrogen-bond acceptors (Lipinski definition) is 2. The third-order valence-electron chi connectivity index (χ3n) is 2.51. The van der Waals surface area contributed by atoms with Gasteiger partial charge in [-0.15, -0.1) is 0 Å². The number of carbonyl (C=O) groups excluding carboxylic acids is 1. The summed E-state index contributed by atoms with van der Waals surface area (Å²) in [5.74, 6) is 0.0153. The molecule has 0 radical (unpaired) electrons. The van der Waals surface area contributed by atoms with Gasteiger partial charge >= 0.3 is 0 Å². The molecule has 0 aromatic carbocycles. The van der Waals surface area contributed by atoms with Crippen LogP contribution in [0.2, 0.25) is 0 Å². The molecule has 0 aromatic rings. The second-order valence-corrected chi connectivity index (χ2v) is 5.01. The van der Waals surface area contributed by atoms with E-state index >= 15 is 0 Å². The van der Waals surface area contributed by atoms with Crippen LogP contribution in [0.1, 0.15) is 51.9 Å². The Labute approximate surface area is 114 Å². The van der Waals surface area contributed by atoms with Crippen LogP contribution >= 0.6 is 15.9 Å². The average molecular weight is 308 g/mol. The van der Waals surface area contributed by atoms with E-state index in [1.165, 1.54) is 32.1 Å². The predicted octanol–water partition coefficient (Wildman–Crippen LogP) is 3.26. The highest BCUT2D eigenvalue weighted by Crippen LogP contribution is 2.01. The van der Waals surface area contributed by atoms with Crippen molar-refractivity contribution in [2.45, 2.75) is 51.9 Å². The number of hydrogen-bond donors (Lipinski definition) is 1. The number of nitrogens with one attached hydrogen (secondary N) is 1. The summed E-state index contributed by atoms with van der Waals surface area (Å²) in [7, 11) is 0. The van der Waals surface area contributed by atoms with Crippen LogP contribution in [0, 0.1) is 0 Å². The van der Waals surface area contributed by atoms with Gasteiger partial charge in [-0.05, 0) is 19.3 Å². The van der Waals surface area contributed by atoms with Crippen molar-refractivity contribution in [1.82, 2.24) is 5.32 Å². The van der Waals surface area contributed by atoms with Gasteiger partial charge in [-0.3, -0.25) is 4.79 Å². The quantitative estimate of drug-likeness (QED) is 0.444. The highest BCUT2D eigenvalue weighted by atomic mass is 79.9. The molecule has 0 saturated carbocycles. The van der Waals surface area contributed by atoms with Gasteiger partial charge in [0.25, 0.3) is 0 Å². The van der Waals surface area contributed by atoms with Crippen LogP contribution in [-0.2, 0) is 9.53 Å². The third-order valence-corrected chi connectivity index (χ3v) is 3.07. The molecular weight excluding hydrogens is 282 g/mol. The van der Waals surface area contributed by atoms with Crippen molar-refractivity contribution in [2.75, 3.05) is 25.1 Å². The summed E-state index contributed by atoms with van der Waals surface area (Å²) in [4.78, 5) is 11.3. The second kappa shape index (κ2) is 14.0. The highest BCUT2D eigenvalue weighted by molar-refractivity contribution is 9.09. The number of halogens is 1. The molecule has 0 spiro atoms. The Morgan fingerprint density at radius 2 is 1.88 bits per heavy atom. The van der Waals surface area contributed by atoms with Gasteiger partial charge in [0.15, 0.2) is 0 Å². The fourth-order valence-corrected chi connectivity index (χ4v) is 1.87. The molecule has 0 saturated heterocycles. The Morgan fingerprint density at radius 1 is 1.12 bits per heavy atom. The van der Waals surface area contributed by atoms with Gasteiger partial charge in [-0.25, -0.2) is 0 Å². The number of ether oxygens (including phenoxy) is 1. The van der Waals surface area contributed by atoms with Crippen molar-refractivity contribution in [1.29, 1.82) is 0 Å². The lowest BCUT2D eigenvalue weighted by Crippen LogP contribution is -2.28. The normalized spacial score (nSPS) is 10.5. The molecule has 0 aromatic heterocycles. The van der Waals surface area contributed by atoms with E-state index < -0.39 is 0 Å². The van der Waals surface area contributed by atoms with Gasteiger partial charge in [-0.2, -0.15) is 0 Å². The predicted molar refractivity (Wildman–Crippen MR) is 75.6 cm³/mol. The zero-order chi connectivity index (χ0) is 12.8. The van der Waals surface area contributed by atoms with E-state index in [0.29, 0.717) is 6.61 Å². The summed E-state index contributed by atoms with van der Waals surface area (Å²) in [6, 6.07) is 0. The number of alkyl halides is 1. The van der Waals surface area contributed by atoms with Crippen molar-refractivity contribution in [3.63, 3.8) is 0 Å². The first-order valence-corrected chi connectivity index (χ1v) is 7.83. The maximum absolute atomic E-state index is 11.3. The molecule has 4 heteroatoms. The minimum absolute atomic E-state index is 0.0153. The summed E-state index contributed by atoms with van der Waals surface area (Å²) in [5.41, 5.74) is 0. The molecule has 17 heavy (non-hydrogen) atoms. The Balaban J connectivity index is 3.11. The van der Waals surface area contributed by atoms with E-state index in [0.717, 1.165) is 24.7 Å². The molecule has 1 N–H and O–H groups in total. The fourth-order valence-electron chi connectivity index (χ4n) is 1.47. The van der Waals surface area contributed by atoms with Crippen molar-refractivity contribution in [2.24, 2.45) is 0 Å². The topological polar surface area (TPSA) is 38.3 Å². The zero-order valence-electron chi connectivity index (χ0n) is 11.0. The minimum Gasteiger partial charge on any atom is -0.372 e. The molecule has 0 heterocycles. The summed E-state index contributed by atoms with van der Waals surface area (Å²) in [6.45, 7) is 3.84. The van der Waals surface area contributed by atoms with Crippen LogP contribution in [0.5, 0.6) is 0 Å². The first-order chi connectivity index (χ1) is 8.31. The van der Waals surface area contributed by atoms with Crippen molar-refractivity contribution >= 4 is 21.8 Å². The third kappa shape index (κ3) is 13.8. The first kappa shape index (κ1) is 16.9. The van der Waals surface area contributed by atoms with Gasteiger partial charge in [0.2, 0.25) is 5.91 Å². The number of carbonyl (C=O) groups is 1. The van der Waals surface area contributed by atoms with Gasteiger partial charge in [0.1, 0.15) is 6.61 Å². The molecule has 0 aliphatic rings. The molecule has 102 valence electrons. The van der Waals surface area contributed by atoms with E-state index in [1.54, 1.807) is 0 Å². The van der Waals surface area contributed by atoms with Crippen LogP contribution in [0.3, 0.4) is 0 Å². The fraction of sp³-hybridized carbons (Fsp3) is 0.923. The molecule has 0 rings (SSSR count). The van der Waals surface area contributed by atoms with Crippen molar-refractivity contribution in [3.8, 4) is 0 Å². The number of unbranched alkanes of at least 4 members (excludes halogenated alkanes) is 5. The Bertz CT molecular complexity index is 177. The highest BCUT2D eigenvalue weighted by Gasteiger charge is 1.99. The van der Waals surface area contributed by atoms with E-state index in [4.69, 9.17) is 4.74 Å². The van der Waals surface area contributed by atoms with E-state index in [-0.39, 0.29) is 12.5 Å². The molecular formula is C13H26BrNO2. The van der Waals surface area contributed by atoms with Gasteiger partial charge < -0.3 is 10.1 Å². The zero-order valence-corrected chi connectivity index (χ0v) is 12.6. The molecule has 0 atom stereocenters. The van der Waals surface area contributed by atoms with Gasteiger partial charge in [0.05, 0.1) is 0 Å². The lowest BCUT2D eigenvalue weighted by Gasteiger charge is -2.05. The van der Waals surface area contributed by atoms with E-state index in [1.807, 2.05) is 0 Å². The standard InChI is InChI=1S/C13H26BrNO2/c1-2-3-7-10-15-13(16)12-17-11-8-5-4-6-9-14/h2-12H2,1H3,(H,15,16). The molecule has 0 aliphatic carbocycles. The summed E-state index contributed by atoms with van der Waals surface area (Å²) >= 11 is 3.40. The summed E-state index contributed by atoms with van der Waals surface area (Å²) < 4.78 is 5.31. The number of amides is 1. The van der Waals surface area contributed by atoms with Crippen molar-refractivity contribution < 1.29 is 9.53 Å². The van der Waals surface area contributed by atoms with Gasteiger partial charge in [-0.1, -0.05) is 48.5 Å². The maximum atomic E-state index is 11.3. The Kier molecular flexibility index (Phi) is 13.9. The van der Waals surface area contributed by atoms with Crippen LogP contribution in [0.4, 0.5) is 0 Å². The average Bonchev–Trinajstić information content (AvgIpc) is 2.33. The minimum atomic E-state index is 0.0153. The first-order valence-electron chi connectivity index (χ1n) is 6.71. The molecule has 3 nitrogen and oxygen atoms in total. The Morgan fingerprint density at radius 3 is 2.59 bits per heavy atom. The van der Waals surface area contributed by atoms with E-state index in [2.05, 4.69) is 28.2 Å². The summed E-state index contributed by atoms with van der Waals surface area (Å²) in [6.07, 6.45) is 8.11. The largest absolute Gasteiger partial charge is 0.372 e. The van der Waals surface area contributed by atoms with Crippen LogP contribution in [0.15, 0.2) is 0 Å². The lowest BCUT2D eigenvalue weighted by atomic mass is 10.2. The van der Waals surface area contributed by atoms with Crippen LogP contribution < -0.4 is 5.32 Å². The molecule has 0 bridgehead atoms. The molecule has 0 fully saturated rings. The molecule has 0 aliphatic heterocycles. The van der Waals surface area contributed by atoms with Crippen molar-refractivity contribution in [3.05, 3.63) is 0 Å². The Hall–Kier alpha value is -0.0900. The van der Waals surface area contributed by atoms with Gasteiger partial charge in [0, 0.05) is 18.5 Å². The lowest BCUT2D eigenvalue weighted by molar-refractivity contribution is -0.125. The maximum Gasteiger partial charge on any atom is 0.245 e. The van der Waals surface area contributed by atoms with Crippen LogP contribution in [-0.4, -0.2) is 31.0 Å². The monoisotopic (exact) mass is 307 g/mol. The SMILES string of the molecule is CCCCCNC(=O)COCCCCCCBr. The smallest absolute Gasteiger partial charge is 0.245 e.